The second kappa shape index (κ2) is 4.19. The van der Waals surface area contributed by atoms with Gasteiger partial charge >= 0.3 is 0 Å². The highest BCUT2D eigenvalue weighted by Crippen LogP contribution is 2.39. The maximum Gasteiger partial charge on any atom is 0.00940 e. The Balaban J connectivity index is 1.69. The smallest absolute Gasteiger partial charge is 0.00940 e. The lowest BCUT2D eigenvalue weighted by Gasteiger charge is -2.40. The summed E-state index contributed by atoms with van der Waals surface area (Å²) in [7, 11) is 0. The van der Waals surface area contributed by atoms with E-state index in [1.807, 2.05) is 0 Å². The summed E-state index contributed by atoms with van der Waals surface area (Å²) in [6.45, 7) is 7.15. The molecule has 0 spiro atoms. The monoisotopic (exact) mass is 196 g/mol. The summed E-state index contributed by atoms with van der Waals surface area (Å²) < 4.78 is 0. The normalized spacial score (nSPS) is 36.4. The van der Waals surface area contributed by atoms with Crippen molar-refractivity contribution in [3.8, 4) is 0 Å². The Morgan fingerprint density at radius 1 is 1.43 bits per heavy atom. The lowest BCUT2D eigenvalue weighted by molar-refractivity contribution is 0.144. The van der Waals surface area contributed by atoms with Crippen molar-refractivity contribution < 1.29 is 0 Å². The first kappa shape index (κ1) is 10.4. The molecule has 0 bridgehead atoms. The first-order valence-electron chi connectivity index (χ1n) is 6.15. The molecule has 1 aliphatic carbocycles. The zero-order valence-corrected chi connectivity index (χ0v) is 9.60. The average Bonchev–Trinajstić information content (AvgIpc) is 2.12. The van der Waals surface area contributed by atoms with Gasteiger partial charge in [-0.15, -0.1) is 0 Å². The molecule has 2 N–H and O–H groups in total. The van der Waals surface area contributed by atoms with Gasteiger partial charge < -0.3 is 10.6 Å². The van der Waals surface area contributed by atoms with Crippen LogP contribution in [0.4, 0.5) is 0 Å². The van der Waals surface area contributed by atoms with Crippen LogP contribution in [0.3, 0.4) is 0 Å². The maximum absolute atomic E-state index is 3.75. The van der Waals surface area contributed by atoms with E-state index in [1.54, 1.807) is 0 Å². The molecule has 2 nitrogen and oxygen atoms in total. The van der Waals surface area contributed by atoms with E-state index in [0.717, 1.165) is 6.04 Å². The number of hydrogen-bond donors (Lipinski definition) is 2. The summed E-state index contributed by atoms with van der Waals surface area (Å²) in [6.07, 6.45) is 6.92. The van der Waals surface area contributed by atoms with Crippen molar-refractivity contribution in [2.24, 2.45) is 5.41 Å². The minimum absolute atomic E-state index is 0.633. The van der Waals surface area contributed by atoms with Gasteiger partial charge in [-0.25, -0.2) is 0 Å². The molecule has 0 radical (unpaired) electrons. The van der Waals surface area contributed by atoms with Crippen molar-refractivity contribution in [2.75, 3.05) is 13.1 Å². The third-order valence-corrected chi connectivity index (χ3v) is 4.00. The largest absolute Gasteiger partial charge is 0.314 e. The third-order valence-electron chi connectivity index (χ3n) is 4.00. The van der Waals surface area contributed by atoms with Gasteiger partial charge in [-0.2, -0.15) is 0 Å². The molecule has 2 fully saturated rings. The molecule has 2 unspecified atom stereocenters. The summed E-state index contributed by atoms with van der Waals surface area (Å²) in [5.41, 5.74) is 0.633. The van der Waals surface area contributed by atoms with Gasteiger partial charge in [0.25, 0.3) is 0 Å². The summed E-state index contributed by atoms with van der Waals surface area (Å²) in [5, 5.41) is 7.25. The molecule has 2 aliphatic rings. The highest BCUT2D eigenvalue weighted by atomic mass is 15.0. The van der Waals surface area contributed by atoms with Gasteiger partial charge in [-0.1, -0.05) is 13.3 Å². The minimum atomic E-state index is 0.633. The molecular formula is C12H24N2. The molecule has 2 atom stereocenters. The molecular weight excluding hydrogens is 172 g/mol. The van der Waals surface area contributed by atoms with Crippen LogP contribution in [-0.2, 0) is 0 Å². The average molecular weight is 196 g/mol. The standard InChI is InChI=1S/C12H24N2/c1-10-8-11(4-7-13-10)14-9-12(2)5-3-6-12/h10-11,13-14H,3-9H2,1-2H3. The summed E-state index contributed by atoms with van der Waals surface area (Å²) in [4.78, 5) is 0. The number of nitrogens with one attached hydrogen (secondary N) is 2. The van der Waals surface area contributed by atoms with Crippen molar-refractivity contribution in [3.63, 3.8) is 0 Å². The van der Waals surface area contributed by atoms with E-state index < -0.39 is 0 Å². The van der Waals surface area contributed by atoms with Crippen molar-refractivity contribution in [3.05, 3.63) is 0 Å². The number of rotatable bonds is 3. The van der Waals surface area contributed by atoms with E-state index in [-0.39, 0.29) is 0 Å². The Morgan fingerprint density at radius 2 is 2.21 bits per heavy atom. The van der Waals surface area contributed by atoms with E-state index in [9.17, 15) is 0 Å². The zero-order chi connectivity index (χ0) is 10.0. The van der Waals surface area contributed by atoms with Gasteiger partial charge in [0, 0.05) is 18.6 Å². The SMILES string of the molecule is CC1CC(NCC2(C)CCC2)CCN1. The second-order valence-corrected chi connectivity index (χ2v) is 5.62. The van der Waals surface area contributed by atoms with Gasteiger partial charge in [-0.05, 0) is 44.6 Å². The Kier molecular flexibility index (Phi) is 3.13. The summed E-state index contributed by atoms with van der Waals surface area (Å²) >= 11 is 0. The first-order chi connectivity index (χ1) is 6.68. The van der Waals surface area contributed by atoms with Crippen molar-refractivity contribution in [1.82, 2.24) is 10.6 Å². The van der Waals surface area contributed by atoms with Crippen LogP contribution in [0, 0.1) is 5.41 Å². The molecule has 14 heavy (non-hydrogen) atoms. The molecule has 1 heterocycles. The number of hydrogen-bond acceptors (Lipinski definition) is 2. The van der Waals surface area contributed by atoms with Crippen LogP contribution < -0.4 is 10.6 Å². The highest BCUT2D eigenvalue weighted by molar-refractivity contribution is 4.88. The zero-order valence-electron chi connectivity index (χ0n) is 9.60. The first-order valence-corrected chi connectivity index (χ1v) is 6.15. The lowest BCUT2D eigenvalue weighted by Crippen LogP contribution is -2.48. The predicted molar refractivity (Wildman–Crippen MR) is 60.4 cm³/mol. The Hall–Kier alpha value is -0.0800. The van der Waals surface area contributed by atoms with Crippen LogP contribution in [-0.4, -0.2) is 25.2 Å². The molecule has 0 aromatic rings. The lowest BCUT2D eigenvalue weighted by atomic mass is 9.70. The van der Waals surface area contributed by atoms with E-state index in [1.165, 1.54) is 45.2 Å². The fraction of sp³-hybridized carbons (Fsp3) is 1.00. The van der Waals surface area contributed by atoms with E-state index in [0.29, 0.717) is 11.5 Å². The molecule has 0 aromatic carbocycles. The third kappa shape index (κ3) is 2.48. The molecule has 1 aliphatic heterocycles. The Morgan fingerprint density at radius 3 is 2.79 bits per heavy atom. The van der Waals surface area contributed by atoms with E-state index >= 15 is 0 Å². The fourth-order valence-corrected chi connectivity index (χ4v) is 2.67. The van der Waals surface area contributed by atoms with Gasteiger partial charge in [0.2, 0.25) is 0 Å². The van der Waals surface area contributed by atoms with Gasteiger partial charge in [0.15, 0.2) is 0 Å². The van der Waals surface area contributed by atoms with Crippen LogP contribution in [0.25, 0.3) is 0 Å². The summed E-state index contributed by atoms with van der Waals surface area (Å²) in [6, 6.07) is 1.47. The van der Waals surface area contributed by atoms with Gasteiger partial charge in [0.05, 0.1) is 0 Å². The second-order valence-electron chi connectivity index (χ2n) is 5.62. The summed E-state index contributed by atoms with van der Waals surface area (Å²) in [5.74, 6) is 0. The van der Waals surface area contributed by atoms with Crippen LogP contribution in [0.5, 0.6) is 0 Å². The molecule has 2 rings (SSSR count). The van der Waals surface area contributed by atoms with E-state index in [4.69, 9.17) is 0 Å². The van der Waals surface area contributed by atoms with Crippen molar-refractivity contribution in [1.29, 1.82) is 0 Å². The Bertz CT molecular complexity index is 187. The highest BCUT2D eigenvalue weighted by Gasteiger charge is 2.32. The van der Waals surface area contributed by atoms with Crippen LogP contribution in [0.2, 0.25) is 0 Å². The quantitative estimate of drug-likeness (QED) is 0.720. The van der Waals surface area contributed by atoms with Crippen molar-refractivity contribution in [2.45, 2.75) is 58.0 Å². The molecule has 0 aromatic heterocycles. The van der Waals surface area contributed by atoms with Crippen LogP contribution >= 0.6 is 0 Å². The molecule has 1 saturated carbocycles. The van der Waals surface area contributed by atoms with Crippen LogP contribution in [0.15, 0.2) is 0 Å². The minimum Gasteiger partial charge on any atom is -0.314 e. The fourth-order valence-electron chi connectivity index (χ4n) is 2.67. The molecule has 0 amide bonds. The van der Waals surface area contributed by atoms with Crippen molar-refractivity contribution >= 4 is 0 Å². The van der Waals surface area contributed by atoms with Crippen LogP contribution in [0.1, 0.15) is 46.0 Å². The predicted octanol–water partition coefficient (Wildman–Crippen LogP) is 1.91. The maximum atomic E-state index is 3.75. The molecule has 2 heteroatoms. The number of piperidine rings is 1. The molecule has 82 valence electrons. The van der Waals surface area contributed by atoms with Gasteiger partial charge in [-0.3, -0.25) is 0 Å². The van der Waals surface area contributed by atoms with E-state index in [2.05, 4.69) is 24.5 Å². The Labute approximate surface area is 87.8 Å². The molecule has 1 saturated heterocycles. The van der Waals surface area contributed by atoms with Gasteiger partial charge in [0.1, 0.15) is 0 Å². The topological polar surface area (TPSA) is 24.1 Å².